The lowest BCUT2D eigenvalue weighted by Crippen LogP contribution is -2.38. The third-order valence-electron chi connectivity index (χ3n) is 2.33. The second-order valence-corrected chi connectivity index (χ2v) is 4.84. The Hall–Kier alpha value is -1.40. The summed E-state index contributed by atoms with van der Waals surface area (Å²) in [6, 6.07) is 7.50. The number of carbonyl (C=O) groups excluding carboxylic acids is 2. The maximum atomic E-state index is 11.6. The topological polar surface area (TPSA) is 67.4 Å². The van der Waals surface area contributed by atoms with Gasteiger partial charge in [-0.25, -0.2) is 0 Å². The van der Waals surface area contributed by atoms with Crippen molar-refractivity contribution in [3.05, 3.63) is 34.3 Å². The number of hydrogen-bond acceptors (Lipinski definition) is 3. The zero-order chi connectivity index (χ0) is 14.1. The molecular weight excluding hydrogens is 312 g/mol. The second-order valence-electron chi connectivity index (χ2n) is 3.93. The zero-order valence-electron chi connectivity index (χ0n) is 10.7. The number of rotatable bonds is 7. The number of hydrogen-bond donors (Lipinski definition) is 2. The Bertz CT molecular complexity index is 438. The molecule has 0 unspecified atom stereocenters. The first-order valence-corrected chi connectivity index (χ1v) is 6.68. The van der Waals surface area contributed by atoms with Crippen LogP contribution in [0, 0.1) is 0 Å². The van der Waals surface area contributed by atoms with E-state index >= 15 is 0 Å². The minimum atomic E-state index is -0.223. The summed E-state index contributed by atoms with van der Waals surface area (Å²) in [6.07, 6.45) is 0.255. The van der Waals surface area contributed by atoms with E-state index in [1.54, 1.807) is 7.11 Å². The highest BCUT2D eigenvalue weighted by molar-refractivity contribution is 9.10. The lowest BCUT2D eigenvalue weighted by Gasteiger charge is -2.06. The van der Waals surface area contributed by atoms with E-state index in [0.29, 0.717) is 13.2 Å². The minimum absolute atomic E-state index is 0.0173. The van der Waals surface area contributed by atoms with Gasteiger partial charge in [0.1, 0.15) is 0 Å². The van der Waals surface area contributed by atoms with Gasteiger partial charge in [0.15, 0.2) is 0 Å². The maximum Gasteiger partial charge on any atom is 0.239 e. The van der Waals surface area contributed by atoms with Crippen molar-refractivity contribution in [1.29, 1.82) is 0 Å². The van der Waals surface area contributed by atoms with Crippen molar-refractivity contribution in [1.82, 2.24) is 10.6 Å². The van der Waals surface area contributed by atoms with E-state index in [0.717, 1.165) is 10.0 Å². The van der Waals surface area contributed by atoms with Crippen molar-refractivity contribution in [3.63, 3.8) is 0 Å². The largest absolute Gasteiger partial charge is 0.383 e. The zero-order valence-corrected chi connectivity index (χ0v) is 12.3. The monoisotopic (exact) mass is 328 g/mol. The van der Waals surface area contributed by atoms with Crippen molar-refractivity contribution < 1.29 is 14.3 Å². The Morgan fingerprint density at radius 1 is 1.26 bits per heavy atom. The highest BCUT2D eigenvalue weighted by Gasteiger charge is 2.06. The van der Waals surface area contributed by atoms with Crippen LogP contribution in [0.4, 0.5) is 0 Å². The molecule has 0 fully saturated rings. The minimum Gasteiger partial charge on any atom is -0.383 e. The molecule has 0 saturated heterocycles. The molecule has 0 radical (unpaired) electrons. The van der Waals surface area contributed by atoms with Crippen LogP contribution in [-0.4, -0.2) is 38.6 Å². The highest BCUT2D eigenvalue weighted by Crippen LogP contribution is 2.11. The quantitative estimate of drug-likeness (QED) is 0.730. The van der Waals surface area contributed by atoms with Crippen molar-refractivity contribution in [3.8, 4) is 0 Å². The summed E-state index contributed by atoms with van der Waals surface area (Å²) < 4.78 is 5.73. The Morgan fingerprint density at radius 2 is 2.05 bits per heavy atom. The van der Waals surface area contributed by atoms with Crippen LogP contribution in [0.2, 0.25) is 0 Å². The standard InChI is InChI=1S/C13H17BrN2O3/c1-19-6-5-15-13(18)9-16-12(17)8-10-3-2-4-11(14)7-10/h2-4,7H,5-6,8-9H2,1H3,(H,15,18)(H,16,17). The summed E-state index contributed by atoms with van der Waals surface area (Å²) in [5.74, 6) is -0.403. The van der Waals surface area contributed by atoms with Crippen molar-refractivity contribution in [2.24, 2.45) is 0 Å². The molecule has 6 heteroatoms. The Morgan fingerprint density at radius 3 is 2.74 bits per heavy atom. The molecule has 0 bridgehead atoms. The molecule has 0 aromatic heterocycles. The highest BCUT2D eigenvalue weighted by atomic mass is 79.9. The number of carbonyl (C=O) groups is 2. The van der Waals surface area contributed by atoms with Gasteiger partial charge < -0.3 is 15.4 Å². The molecule has 0 saturated carbocycles. The summed E-state index contributed by atoms with van der Waals surface area (Å²) in [5.41, 5.74) is 0.895. The predicted molar refractivity (Wildman–Crippen MR) is 75.7 cm³/mol. The summed E-state index contributed by atoms with van der Waals surface area (Å²) in [7, 11) is 1.56. The fraction of sp³-hybridized carbons (Fsp3) is 0.385. The number of ether oxygens (including phenoxy) is 1. The molecule has 0 aliphatic rings. The second kappa shape index (κ2) is 8.66. The molecule has 0 atom stereocenters. The molecule has 0 spiro atoms. The van der Waals surface area contributed by atoms with Crippen LogP contribution >= 0.6 is 15.9 Å². The van der Waals surface area contributed by atoms with Crippen molar-refractivity contribution in [2.75, 3.05) is 26.8 Å². The Balaban J connectivity index is 2.26. The molecule has 0 aliphatic carbocycles. The summed E-state index contributed by atoms with van der Waals surface area (Å²) in [4.78, 5) is 23.0. The third-order valence-corrected chi connectivity index (χ3v) is 2.82. The van der Waals surface area contributed by atoms with Crippen LogP contribution < -0.4 is 10.6 Å². The number of amides is 2. The lowest BCUT2D eigenvalue weighted by molar-refractivity contribution is -0.125. The van der Waals surface area contributed by atoms with Crippen LogP contribution in [0.25, 0.3) is 0 Å². The van der Waals surface area contributed by atoms with E-state index in [4.69, 9.17) is 4.74 Å². The van der Waals surface area contributed by atoms with Gasteiger partial charge in [0, 0.05) is 18.1 Å². The molecule has 2 amide bonds. The first kappa shape index (κ1) is 15.7. The normalized spacial score (nSPS) is 10.0. The smallest absolute Gasteiger partial charge is 0.239 e. The Kier molecular flexibility index (Phi) is 7.14. The summed E-state index contributed by atoms with van der Waals surface area (Å²) in [6.45, 7) is 0.880. The number of benzene rings is 1. The van der Waals surface area contributed by atoms with Crippen LogP contribution in [-0.2, 0) is 20.7 Å². The van der Waals surface area contributed by atoms with Gasteiger partial charge in [-0.1, -0.05) is 28.1 Å². The lowest BCUT2D eigenvalue weighted by atomic mass is 10.1. The number of methoxy groups -OCH3 is 1. The van der Waals surface area contributed by atoms with Crippen molar-refractivity contribution in [2.45, 2.75) is 6.42 Å². The van der Waals surface area contributed by atoms with Gasteiger partial charge in [0.2, 0.25) is 11.8 Å². The SMILES string of the molecule is COCCNC(=O)CNC(=O)Cc1cccc(Br)c1. The molecule has 19 heavy (non-hydrogen) atoms. The van der Waals surface area contributed by atoms with Gasteiger partial charge in [-0.3, -0.25) is 9.59 Å². The summed E-state index contributed by atoms with van der Waals surface area (Å²) in [5, 5.41) is 5.20. The average Bonchev–Trinajstić information content (AvgIpc) is 2.37. The summed E-state index contributed by atoms with van der Waals surface area (Å²) >= 11 is 3.34. The molecule has 104 valence electrons. The molecule has 0 heterocycles. The van der Waals surface area contributed by atoms with Gasteiger partial charge >= 0.3 is 0 Å². The van der Waals surface area contributed by atoms with E-state index < -0.39 is 0 Å². The van der Waals surface area contributed by atoms with Gasteiger partial charge in [-0.15, -0.1) is 0 Å². The number of nitrogens with one attached hydrogen (secondary N) is 2. The van der Waals surface area contributed by atoms with Crippen molar-refractivity contribution >= 4 is 27.7 Å². The molecule has 0 aliphatic heterocycles. The molecule has 1 aromatic carbocycles. The van der Waals surface area contributed by atoms with E-state index in [9.17, 15) is 9.59 Å². The van der Waals surface area contributed by atoms with Gasteiger partial charge in [-0.2, -0.15) is 0 Å². The Labute approximate surface area is 120 Å². The van der Waals surface area contributed by atoms with Crippen LogP contribution in [0.15, 0.2) is 28.7 Å². The fourth-order valence-electron chi connectivity index (χ4n) is 1.43. The van der Waals surface area contributed by atoms with Gasteiger partial charge in [0.25, 0.3) is 0 Å². The maximum absolute atomic E-state index is 11.6. The first-order chi connectivity index (χ1) is 9.11. The van der Waals surface area contributed by atoms with Crippen LogP contribution in [0.5, 0.6) is 0 Å². The average molecular weight is 329 g/mol. The van der Waals surface area contributed by atoms with Crippen LogP contribution in [0.3, 0.4) is 0 Å². The van der Waals surface area contributed by atoms with E-state index in [2.05, 4.69) is 26.6 Å². The third kappa shape index (κ3) is 6.93. The number of halogens is 1. The molecule has 1 rings (SSSR count). The first-order valence-electron chi connectivity index (χ1n) is 5.88. The van der Waals surface area contributed by atoms with Gasteiger partial charge in [0.05, 0.1) is 19.6 Å². The molecule has 1 aromatic rings. The molecule has 5 nitrogen and oxygen atoms in total. The van der Waals surface area contributed by atoms with E-state index in [1.165, 1.54) is 0 Å². The molecule has 2 N–H and O–H groups in total. The molecular formula is C13H17BrN2O3. The fourth-order valence-corrected chi connectivity index (χ4v) is 1.88. The van der Waals surface area contributed by atoms with E-state index in [-0.39, 0.29) is 24.8 Å². The van der Waals surface area contributed by atoms with Crippen LogP contribution in [0.1, 0.15) is 5.56 Å². The predicted octanol–water partition coefficient (Wildman–Crippen LogP) is 0.870. The van der Waals surface area contributed by atoms with Gasteiger partial charge in [-0.05, 0) is 17.7 Å². The van der Waals surface area contributed by atoms with E-state index in [1.807, 2.05) is 24.3 Å².